The number of hydrogen-bond donors (Lipinski definition) is 0. The van der Waals surface area contributed by atoms with Crippen LogP contribution >= 0.6 is 0 Å². The summed E-state index contributed by atoms with van der Waals surface area (Å²) in [4.78, 5) is 12.3. The first kappa shape index (κ1) is 18.0. The van der Waals surface area contributed by atoms with Crippen LogP contribution in [0.3, 0.4) is 0 Å². The molecule has 3 aromatic rings. The van der Waals surface area contributed by atoms with Crippen molar-refractivity contribution in [2.75, 3.05) is 6.61 Å². The van der Waals surface area contributed by atoms with Gasteiger partial charge in [0.1, 0.15) is 18.1 Å². The number of hydrogen-bond acceptors (Lipinski definition) is 4. The van der Waals surface area contributed by atoms with Crippen LogP contribution in [0, 0.1) is 11.3 Å². The molecule has 0 spiro atoms. The molecule has 0 atom stereocenters. The summed E-state index contributed by atoms with van der Waals surface area (Å²) in [5.74, 6) is 0.694. The topological polar surface area (TPSA) is 59.3 Å². The number of rotatable bonds is 6. The lowest BCUT2D eigenvalue weighted by Gasteiger charge is -2.07. The maximum atomic E-state index is 12.3. The third-order valence-electron chi connectivity index (χ3n) is 3.87. The van der Waals surface area contributed by atoms with Gasteiger partial charge < -0.3 is 9.47 Å². The van der Waals surface area contributed by atoms with Crippen molar-refractivity contribution in [1.29, 1.82) is 5.26 Å². The van der Waals surface area contributed by atoms with Gasteiger partial charge in [0.2, 0.25) is 0 Å². The van der Waals surface area contributed by atoms with Gasteiger partial charge in [-0.25, -0.2) is 4.79 Å². The monoisotopic (exact) mass is 355 g/mol. The molecule has 132 valence electrons. The van der Waals surface area contributed by atoms with Crippen molar-refractivity contribution in [1.82, 2.24) is 0 Å². The normalized spacial score (nSPS) is 9.89. The molecule has 27 heavy (non-hydrogen) atoms. The van der Waals surface area contributed by atoms with E-state index in [4.69, 9.17) is 14.7 Å². The first-order valence-corrected chi connectivity index (χ1v) is 8.36. The predicted molar refractivity (Wildman–Crippen MR) is 104 cm³/mol. The highest BCUT2D eigenvalue weighted by Gasteiger charge is 2.09. The first-order valence-electron chi connectivity index (χ1n) is 8.36. The lowest BCUT2D eigenvalue weighted by atomic mass is 10.0. The van der Waals surface area contributed by atoms with Gasteiger partial charge in [0, 0.05) is 0 Å². The number of nitrogens with zero attached hydrogens (tertiary/aromatic N) is 1. The lowest BCUT2D eigenvalue weighted by molar-refractivity contribution is 0.0734. The van der Waals surface area contributed by atoms with Gasteiger partial charge >= 0.3 is 5.97 Å². The number of carbonyl (C=O) groups is 1. The average Bonchev–Trinajstić information content (AvgIpc) is 2.73. The second-order valence-corrected chi connectivity index (χ2v) is 5.73. The van der Waals surface area contributed by atoms with Gasteiger partial charge in [-0.1, -0.05) is 36.9 Å². The zero-order valence-corrected chi connectivity index (χ0v) is 14.6. The van der Waals surface area contributed by atoms with Crippen molar-refractivity contribution in [3.63, 3.8) is 0 Å². The molecule has 0 amide bonds. The van der Waals surface area contributed by atoms with E-state index < -0.39 is 5.97 Å². The lowest BCUT2D eigenvalue weighted by Crippen LogP contribution is -2.08. The van der Waals surface area contributed by atoms with Gasteiger partial charge in [0.15, 0.2) is 0 Å². The summed E-state index contributed by atoms with van der Waals surface area (Å²) in [6.07, 6.45) is 1.66. The molecule has 3 rings (SSSR count). The first-order chi connectivity index (χ1) is 13.2. The molecule has 0 saturated heterocycles. The Kier molecular flexibility index (Phi) is 5.66. The third-order valence-corrected chi connectivity index (χ3v) is 3.87. The molecular formula is C23H17NO3. The Labute approximate surface area is 157 Å². The molecule has 0 aliphatic rings. The summed E-state index contributed by atoms with van der Waals surface area (Å²) in [7, 11) is 0. The molecule has 0 saturated carbocycles. The van der Waals surface area contributed by atoms with Crippen molar-refractivity contribution in [3.05, 3.63) is 96.6 Å². The quantitative estimate of drug-likeness (QED) is 0.354. The van der Waals surface area contributed by atoms with Crippen molar-refractivity contribution in [2.24, 2.45) is 0 Å². The molecule has 0 bridgehead atoms. The fraction of sp³-hybridized carbons (Fsp3) is 0.0435. The fourth-order valence-corrected chi connectivity index (χ4v) is 2.46. The van der Waals surface area contributed by atoms with Crippen LogP contribution in [0.1, 0.15) is 15.9 Å². The van der Waals surface area contributed by atoms with Gasteiger partial charge in [0.25, 0.3) is 0 Å². The molecule has 0 aliphatic carbocycles. The summed E-state index contributed by atoms with van der Waals surface area (Å²) in [5, 5.41) is 8.86. The predicted octanol–water partition coefficient (Wildman–Crippen LogP) is 5.01. The summed E-state index contributed by atoms with van der Waals surface area (Å²) < 4.78 is 10.8. The van der Waals surface area contributed by atoms with E-state index in [9.17, 15) is 4.79 Å². The molecule has 0 aliphatic heterocycles. The number of ether oxygens (including phenoxy) is 2. The van der Waals surface area contributed by atoms with Gasteiger partial charge in [-0.05, 0) is 59.7 Å². The Morgan fingerprint density at radius 1 is 0.889 bits per heavy atom. The molecule has 0 radical (unpaired) electrons. The van der Waals surface area contributed by atoms with E-state index >= 15 is 0 Å². The van der Waals surface area contributed by atoms with Crippen molar-refractivity contribution in [2.45, 2.75) is 0 Å². The zero-order valence-electron chi connectivity index (χ0n) is 14.6. The highest BCUT2D eigenvalue weighted by atomic mass is 16.5. The molecule has 4 heteroatoms. The molecule has 0 N–H and O–H groups in total. The minimum atomic E-state index is -0.434. The van der Waals surface area contributed by atoms with Crippen LogP contribution in [0.2, 0.25) is 0 Å². The fourth-order valence-electron chi connectivity index (χ4n) is 2.46. The van der Waals surface area contributed by atoms with E-state index in [-0.39, 0.29) is 0 Å². The highest BCUT2D eigenvalue weighted by molar-refractivity contribution is 5.91. The van der Waals surface area contributed by atoms with Crippen LogP contribution in [-0.4, -0.2) is 12.6 Å². The number of esters is 1. The third kappa shape index (κ3) is 4.62. The van der Waals surface area contributed by atoms with E-state index in [0.717, 1.165) is 11.1 Å². The Hall–Kier alpha value is -3.84. The Balaban J connectivity index is 1.65. The van der Waals surface area contributed by atoms with Crippen molar-refractivity contribution >= 4 is 5.97 Å². The van der Waals surface area contributed by atoms with E-state index in [1.54, 1.807) is 54.6 Å². The van der Waals surface area contributed by atoms with Gasteiger partial charge in [0.05, 0.1) is 17.2 Å². The Morgan fingerprint density at radius 3 is 2.00 bits per heavy atom. The molecule has 3 aromatic carbocycles. The standard InChI is InChI=1S/C23H17NO3/c1-2-15-26-21-11-9-20(10-12-21)23(25)27-22-13-7-19(8-14-22)18-5-3-17(16-24)4-6-18/h2-14H,1,15H2. The van der Waals surface area contributed by atoms with Crippen LogP contribution in [-0.2, 0) is 0 Å². The second kappa shape index (κ2) is 8.50. The van der Waals surface area contributed by atoms with Crippen molar-refractivity contribution in [3.8, 4) is 28.7 Å². The molecule has 0 unspecified atom stereocenters. The maximum Gasteiger partial charge on any atom is 0.343 e. The smallest absolute Gasteiger partial charge is 0.343 e. The van der Waals surface area contributed by atoms with Gasteiger partial charge in [-0.3, -0.25) is 0 Å². The summed E-state index contributed by atoms with van der Waals surface area (Å²) in [5.41, 5.74) is 3.02. The molecule has 0 heterocycles. The van der Waals surface area contributed by atoms with Gasteiger partial charge in [-0.2, -0.15) is 5.26 Å². The number of nitriles is 1. The van der Waals surface area contributed by atoms with E-state index in [1.807, 2.05) is 24.3 Å². The number of benzene rings is 3. The van der Waals surface area contributed by atoms with Crippen LogP contribution in [0.4, 0.5) is 0 Å². The van der Waals surface area contributed by atoms with Crippen LogP contribution in [0.5, 0.6) is 11.5 Å². The molecule has 0 aromatic heterocycles. The van der Waals surface area contributed by atoms with Crippen LogP contribution in [0.15, 0.2) is 85.5 Å². The van der Waals surface area contributed by atoms with Crippen LogP contribution < -0.4 is 9.47 Å². The minimum Gasteiger partial charge on any atom is -0.490 e. The average molecular weight is 355 g/mol. The molecular weight excluding hydrogens is 338 g/mol. The van der Waals surface area contributed by atoms with E-state index in [2.05, 4.69) is 12.6 Å². The zero-order chi connectivity index (χ0) is 19.1. The highest BCUT2D eigenvalue weighted by Crippen LogP contribution is 2.23. The van der Waals surface area contributed by atoms with Crippen LogP contribution in [0.25, 0.3) is 11.1 Å². The van der Waals surface area contributed by atoms with Crippen molar-refractivity contribution < 1.29 is 14.3 Å². The largest absolute Gasteiger partial charge is 0.490 e. The molecule has 4 nitrogen and oxygen atoms in total. The summed E-state index contributed by atoms with van der Waals surface area (Å²) in [6.45, 7) is 4.00. The van der Waals surface area contributed by atoms with E-state index in [1.165, 1.54) is 0 Å². The Morgan fingerprint density at radius 2 is 1.44 bits per heavy atom. The summed E-state index contributed by atoms with van der Waals surface area (Å²) in [6, 6.07) is 23.4. The summed E-state index contributed by atoms with van der Waals surface area (Å²) >= 11 is 0. The SMILES string of the molecule is C=CCOc1ccc(C(=O)Oc2ccc(-c3ccc(C#N)cc3)cc2)cc1. The maximum absolute atomic E-state index is 12.3. The van der Waals surface area contributed by atoms with Gasteiger partial charge in [-0.15, -0.1) is 0 Å². The second-order valence-electron chi connectivity index (χ2n) is 5.73. The van der Waals surface area contributed by atoms with E-state index in [0.29, 0.717) is 29.2 Å². The number of carbonyl (C=O) groups excluding carboxylic acids is 1. The minimum absolute atomic E-state index is 0.412. The molecule has 0 fully saturated rings. The Bertz CT molecular complexity index is 966.